The average molecular weight is 676 g/mol. The fraction of sp³-hybridized carbons (Fsp3) is 0.0769. The monoisotopic (exact) mass is 675 g/mol. The van der Waals surface area contributed by atoms with Gasteiger partial charge in [-0.2, -0.15) is 0 Å². The molecule has 12 rings (SSSR count). The molecule has 0 atom stereocenters. The van der Waals surface area contributed by atoms with Gasteiger partial charge in [0.05, 0.1) is 16.4 Å². The summed E-state index contributed by atoms with van der Waals surface area (Å²) in [5, 5.41) is 2.64. The van der Waals surface area contributed by atoms with Crippen LogP contribution in [0.5, 0.6) is 0 Å². The first-order chi connectivity index (χ1) is 26.1. The van der Waals surface area contributed by atoms with Gasteiger partial charge in [-0.15, -0.1) is 0 Å². The van der Waals surface area contributed by atoms with E-state index in [0.717, 1.165) is 0 Å². The predicted octanol–water partition coefficient (Wildman–Crippen LogP) is 13.1. The number of hydrogen-bond acceptors (Lipinski definition) is 0. The second-order valence-electron chi connectivity index (χ2n) is 15.2. The van der Waals surface area contributed by atoms with Crippen molar-refractivity contribution < 1.29 is 0 Å². The van der Waals surface area contributed by atoms with E-state index >= 15 is 0 Å². The first-order valence-corrected chi connectivity index (χ1v) is 18.7. The van der Waals surface area contributed by atoms with E-state index in [9.17, 15) is 0 Å². The van der Waals surface area contributed by atoms with Gasteiger partial charge < -0.3 is 4.57 Å². The molecule has 1 nitrogen and oxygen atoms in total. The second kappa shape index (κ2) is 11.0. The van der Waals surface area contributed by atoms with Crippen molar-refractivity contribution in [1.82, 2.24) is 4.57 Å². The highest BCUT2D eigenvalue weighted by molar-refractivity contribution is 6.11. The Hall–Kier alpha value is -6.44. The van der Waals surface area contributed by atoms with Gasteiger partial charge >= 0.3 is 0 Å². The SMILES string of the molecule is CC1(C)c2ccccc2-c2cc3c4ccccc4n(-c4ccccc4)c3cc21.c1ccc2c(c1)-c1ccccc1C21c2ccccc2-c2ccccc21. The zero-order valence-electron chi connectivity index (χ0n) is 29.8. The Morgan fingerprint density at radius 3 is 1.26 bits per heavy atom. The Bertz CT molecular complexity index is 2730. The van der Waals surface area contributed by atoms with Crippen LogP contribution in [0.3, 0.4) is 0 Å². The molecule has 1 aromatic heterocycles. The molecule has 9 aromatic rings. The van der Waals surface area contributed by atoms with E-state index in [1.807, 2.05) is 0 Å². The first kappa shape index (κ1) is 30.2. The molecule has 53 heavy (non-hydrogen) atoms. The lowest BCUT2D eigenvalue weighted by Crippen LogP contribution is -2.25. The number of rotatable bonds is 1. The number of benzene rings is 8. The standard InChI is InChI=1S/C27H21N.C25H16/c1-27(2)23-14-8-6-12-19(23)21-16-22-20-13-7-9-15-25(20)28(26(22)17-24(21)27)18-10-4-3-5-11-18;1-5-13-21-17(9-1)18-10-2-6-14-22(18)25(21)23-15-7-3-11-19(23)20-12-4-8-16-24(20)25/h3-17H,1-2H3;1-16H. The average Bonchev–Trinajstić information content (AvgIpc) is 3.88. The third kappa shape index (κ3) is 3.97. The van der Waals surface area contributed by atoms with E-state index in [-0.39, 0.29) is 10.8 Å². The van der Waals surface area contributed by atoms with Crippen molar-refractivity contribution in [1.29, 1.82) is 0 Å². The maximum Gasteiger partial charge on any atom is 0.0725 e. The first-order valence-electron chi connectivity index (χ1n) is 18.7. The quantitative estimate of drug-likeness (QED) is 0.163. The molecule has 0 bridgehead atoms. The van der Waals surface area contributed by atoms with E-state index in [1.54, 1.807) is 0 Å². The maximum atomic E-state index is 2.43. The van der Waals surface area contributed by atoms with Crippen LogP contribution in [0, 0.1) is 0 Å². The minimum atomic E-state index is -0.180. The Kier molecular flexibility index (Phi) is 6.29. The largest absolute Gasteiger partial charge is 0.309 e. The third-order valence-electron chi connectivity index (χ3n) is 12.3. The molecule has 0 saturated heterocycles. The number of hydrogen-bond donors (Lipinski definition) is 0. The number of nitrogens with zero attached hydrogens (tertiary/aromatic N) is 1. The van der Waals surface area contributed by atoms with Gasteiger partial charge in [0.15, 0.2) is 0 Å². The van der Waals surface area contributed by atoms with Crippen molar-refractivity contribution in [3.63, 3.8) is 0 Å². The molecule has 1 heteroatoms. The van der Waals surface area contributed by atoms with Gasteiger partial charge in [0.1, 0.15) is 0 Å². The van der Waals surface area contributed by atoms with Crippen LogP contribution in [0.2, 0.25) is 0 Å². The molecule has 0 amide bonds. The van der Waals surface area contributed by atoms with Crippen molar-refractivity contribution in [2.45, 2.75) is 24.7 Å². The van der Waals surface area contributed by atoms with Gasteiger partial charge in [0.25, 0.3) is 0 Å². The molecule has 0 radical (unpaired) electrons. The lowest BCUT2D eigenvalue weighted by atomic mass is 9.70. The molecule has 8 aromatic carbocycles. The fourth-order valence-corrected chi connectivity index (χ4v) is 10.1. The molecule has 1 spiro atoms. The summed E-state index contributed by atoms with van der Waals surface area (Å²) in [6.07, 6.45) is 0. The van der Waals surface area contributed by atoms with Crippen LogP contribution in [0.4, 0.5) is 0 Å². The molecular weight excluding hydrogens is 639 g/mol. The summed E-state index contributed by atoms with van der Waals surface area (Å²) < 4.78 is 2.41. The van der Waals surface area contributed by atoms with Crippen molar-refractivity contribution in [2.75, 3.05) is 0 Å². The van der Waals surface area contributed by atoms with Crippen LogP contribution < -0.4 is 0 Å². The fourth-order valence-electron chi connectivity index (χ4n) is 10.1. The summed E-state index contributed by atoms with van der Waals surface area (Å²) in [4.78, 5) is 0. The van der Waals surface area contributed by atoms with E-state index in [1.165, 1.54) is 94.3 Å². The van der Waals surface area contributed by atoms with E-state index in [0.29, 0.717) is 0 Å². The molecular formula is C52H37N. The summed E-state index contributed by atoms with van der Waals surface area (Å²) in [5.41, 5.74) is 20.3. The van der Waals surface area contributed by atoms with Crippen LogP contribution in [-0.2, 0) is 10.8 Å². The number of fused-ring (bicyclic) bond motifs is 16. The molecule has 0 N–H and O–H groups in total. The van der Waals surface area contributed by atoms with Crippen LogP contribution >= 0.6 is 0 Å². The van der Waals surface area contributed by atoms with Gasteiger partial charge in [-0.25, -0.2) is 0 Å². The van der Waals surface area contributed by atoms with E-state index in [2.05, 4.69) is 206 Å². The molecule has 0 fully saturated rings. The summed E-state index contributed by atoms with van der Waals surface area (Å²) >= 11 is 0. The zero-order valence-corrected chi connectivity index (χ0v) is 29.8. The molecule has 1 heterocycles. The highest BCUT2D eigenvalue weighted by Gasteiger charge is 2.51. The predicted molar refractivity (Wildman–Crippen MR) is 221 cm³/mol. The zero-order chi connectivity index (χ0) is 35.3. The third-order valence-corrected chi connectivity index (χ3v) is 12.3. The van der Waals surface area contributed by atoms with Gasteiger partial charge in [-0.05, 0) is 97.1 Å². The van der Waals surface area contributed by atoms with Crippen molar-refractivity contribution in [2.24, 2.45) is 0 Å². The maximum absolute atomic E-state index is 2.43. The molecule has 3 aliphatic carbocycles. The van der Waals surface area contributed by atoms with Crippen molar-refractivity contribution in [3.8, 4) is 39.1 Å². The van der Waals surface area contributed by atoms with Gasteiger partial charge in [0, 0.05) is 21.9 Å². The number of para-hydroxylation sites is 2. The summed E-state index contributed by atoms with van der Waals surface area (Å²) in [6, 6.07) is 68.8. The Labute approximate surface area is 310 Å². The summed E-state index contributed by atoms with van der Waals surface area (Å²) in [5.74, 6) is 0. The van der Waals surface area contributed by atoms with Crippen molar-refractivity contribution in [3.05, 3.63) is 221 Å². The topological polar surface area (TPSA) is 4.93 Å². The Morgan fingerprint density at radius 2 is 0.736 bits per heavy atom. The van der Waals surface area contributed by atoms with Gasteiger partial charge in [0.2, 0.25) is 0 Å². The normalized spacial score (nSPS) is 14.5. The van der Waals surface area contributed by atoms with Crippen LogP contribution in [0.1, 0.15) is 47.2 Å². The molecule has 250 valence electrons. The molecule has 3 aliphatic rings. The van der Waals surface area contributed by atoms with Crippen LogP contribution in [0.15, 0.2) is 188 Å². The van der Waals surface area contributed by atoms with E-state index in [4.69, 9.17) is 0 Å². The Morgan fingerprint density at radius 1 is 0.321 bits per heavy atom. The van der Waals surface area contributed by atoms with E-state index < -0.39 is 0 Å². The van der Waals surface area contributed by atoms with Gasteiger partial charge in [-0.1, -0.05) is 172 Å². The smallest absolute Gasteiger partial charge is 0.0725 e. The second-order valence-corrected chi connectivity index (χ2v) is 15.2. The van der Waals surface area contributed by atoms with Crippen molar-refractivity contribution >= 4 is 21.8 Å². The minimum absolute atomic E-state index is 0.0120. The lowest BCUT2D eigenvalue weighted by molar-refractivity contribution is 0.661. The van der Waals surface area contributed by atoms with Gasteiger partial charge in [-0.3, -0.25) is 0 Å². The summed E-state index contributed by atoms with van der Waals surface area (Å²) in [6.45, 7) is 4.69. The molecule has 0 unspecified atom stereocenters. The molecule has 0 aliphatic heterocycles. The lowest BCUT2D eigenvalue weighted by Gasteiger charge is -2.30. The molecule has 0 saturated carbocycles. The highest BCUT2D eigenvalue weighted by atomic mass is 15.0. The highest BCUT2D eigenvalue weighted by Crippen LogP contribution is 2.62. The number of aromatic nitrogens is 1. The summed E-state index contributed by atoms with van der Waals surface area (Å²) in [7, 11) is 0. The van der Waals surface area contributed by atoms with Crippen LogP contribution in [-0.4, -0.2) is 4.57 Å². The minimum Gasteiger partial charge on any atom is -0.309 e. The Balaban J connectivity index is 0.000000126. The van der Waals surface area contributed by atoms with Crippen LogP contribution in [0.25, 0.3) is 60.9 Å².